The number of nitrogens with one attached hydrogen (secondary N) is 1. The molecule has 3 atom stereocenters. The van der Waals surface area contributed by atoms with E-state index in [1.54, 1.807) is 6.07 Å². The van der Waals surface area contributed by atoms with E-state index in [1.165, 1.54) is 6.07 Å². The molecule has 0 spiro atoms. The predicted octanol–water partition coefficient (Wildman–Crippen LogP) is 3.80. The topological polar surface area (TPSA) is 52.6 Å². The Hall–Kier alpha value is -2.40. The molecule has 3 aliphatic rings. The summed E-state index contributed by atoms with van der Waals surface area (Å²) in [4.78, 5) is 14.5. The normalized spacial score (nSPS) is 24.1. The van der Waals surface area contributed by atoms with Gasteiger partial charge < -0.3 is 15.3 Å². The first-order valence-electron chi connectivity index (χ1n) is 9.65. The van der Waals surface area contributed by atoms with Crippen LogP contribution < -0.4 is 5.32 Å². The number of hydrogen-bond acceptors (Lipinski definition) is 2. The van der Waals surface area contributed by atoms with Crippen LogP contribution in [0.1, 0.15) is 24.8 Å². The summed E-state index contributed by atoms with van der Waals surface area (Å²) in [5.74, 6) is 0.329. The lowest BCUT2D eigenvalue weighted by Crippen LogP contribution is -2.58. The second-order valence-electron chi connectivity index (χ2n) is 7.67. The number of benzene rings is 2. The molecular formula is C22H25FN2O2. The average Bonchev–Trinajstić information content (AvgIpc) is 2.73. The van der Waals surface area contributed by atoms with Crippen molar-refractivity contribution in [3.8, 4) is 11.1 Å². The number of fused-ring (bicyclic) bond motifs is 3. The van der Waals surface area contributed by atoms with E-state index in [-0.39, 0.29) is 37.0 Å². The van der Waals surface area contributed by atoms with Gasteiger partial charge in [-0.2, -0.15) is 0 Å². The fraction of sp³-hybridized carbons (Fsp3) is 0.409. The number of urea groups is 1. The molecule has 5 heteroatoms. The van der Waals surface area contributed by atoms with Crippen LogP contribution >= 0.6 is 0 Å². The lowest BCUT2D eigenvalue weighted by molar-refractivity contribution is 0.00387. The fourth-order valence-corrected chi connectivity index (χ4v) is 4.54. The maximum Gasteiger partial charge on any atom is 0.317 e. The Morgan fingerprint density at radius 2 is 1.96 bits per heavy atom. The number of halogens is 1. The van der Waals surface area contributed by atoms with Crippen LogP contribution in [0, 0.1) is 17.7 Å². The van der Waals surface area contributed by atoms with Gasteiger partial charge >= 0.3 is 6.03 Å². The van der Waals surface area contributed by atoms with Gasteiger partial charge in [-0.3, -0.25) is 0 Å². The van der Waals surface area contributed by atoms with Crippen molar-refractivity contribution in [2.24, 2.45) is 11.8 Å². The number of nitrogens with zero attached hydrogens (tertiary/aromatic N) is 1. The van der Waals surface area contributed by atoms with Crippen LogP contribution in [0.2, 0.25) is 0 Å². The van der Waals surface area contributed by atoms with Gasteiger partial charge in [-0.05, 0) is 42.4 Å². The Morgan fingerprint density at radius 3 is 2.67 bits per heavy atom. The van der Waals surface area contributed by atoms with E-state index < -0.39 is 0 Å². The molecule has 27 heavy (non-hydrogen) atoms. The van der Waals surface area contributed by atoms with Gasteiger partial charge in [0.2, 0.25) is 0 Å². The summed E-state index contributed by atoms with van der Waals surface area (Å²) in [7, 11) is 0. The summed E-state index contributed by atoms with van der Waals surface area (Å²) >= 11 is 0. The highest BCUT2D eigenvalue weighted by Gasteiger charge is 2.42. The predicted molar refractivity (Wildman–Crippen MR) is 102 cm³/mol. The molecule has 2 N–H and O–H groups in total. The first-order chi connectivity index (χ1) is 13.2. The molecule has 2 aromatic rings. The van der Waals surface area contributed by atoms with Gasteiger partial charge in [0, 0.05) is 37.2 Å². The van der Waals surface area contributed by atoms with E-state index in [0.717, 1.165) is 36.9 Å². The van der Waals surface area contributed by atoms with Crippen molar-refractivity contribution in [3.05, 3.63) is 59.9 Å². The van der Waals surface area contributed by atoms with Crippen LogP contribution in [0.4, 0.5) is 9.18 Å². The van der Waals surface area contributed by atoms with Crippen LogP contribution in [0.5, 0.6) is 0 Å². The van der Waals surface area contributed by atoms with E-state index in [2.05, 4.69) is 5.32 Å². The van der Waals surface area contributed by atoms with Gasteiger partial charge in [0.25, 0.3) is 0 Å². The van der Waals surface area contributed by atoms with Crippen LogP contribution in [0.3, 0.4) is 0 Å². The molecule has 1 aliphatic carbocycles. The lowest BCUT2D eigenvalue weighted by atomic mass is 9.73. The quantitative estimate of drug-likeness (QED) is 0.863. The first-order valence-corrected chi connectivity index (χ1v) is 9.65. The second-order valence-corrected chi connectivity index (χ2v) is 7.67. The Balaban J connectivity index is 1.41. The highest BCUT2D eigenvalue weighted by atomic mass is 19.1. The summed E-state index contributed by atoms with van der Waals surface area (Å²) in [5.41, 5.74) is 2.26. The van der Waals surface area contributed by atoms with Gasteiger partial charge in [0.15, 0.2) is 0 Å². The zero-order valence-electron chi connectivity index (χ0n) is 15.3. The molecule has 2 bridgehead atoms. The molecule has 3 unspecified atom stereocenters. The van der Waals surface area contributed by atoms with Crippen LogP contribution in [0.15, 0.2) is 48.5 Å². The van der Waals surface area contributed by atoms with Gasteiger partial charge in [-0.25, -0.2) is 9.18 Å². The average molecular weight is 368 g/mol. The number of rotatable bonds is 4. The molecule has 0 aromatic heterocycles. The van der Waals surface area contributed by atoms with E-state index in [1.807, 2.05) is 41.3 Å². The lowest BCUT2D eigenvalue weighted by Gasteiger charge is -2.49. The second kappa shape index (κ2) is 7.69. The Kier molecular flexibility index (Phi) is 5.12. The van der Waals surface area contributed by atoms with Crippen molar-refractivity contribution in [1.82, 2.24) is 10.2 Å². The van der Waals surface area contributed by atoms with Crippen LogP contribution in [0.25, 0.3) is 11.1 Å². The monoisotopic (exact) mass is 368 g/mol. The minimum absolute atomic E-state index is 0.102. The van der Waals surface area contributed by atoms with E-state index in [9.17, 15) is 14.3 Å². The third-order valence-corrected chi connectivity index (χ3v) is 5.99. The zero-order chi connectivity index (χ0) is 18.8. The Bertz CT molecular complexity index is 811. The summed E-state index contributed by atoms with van der Waals surface area (Å²) in [6, 6.07) is 14.7. The third-order valence-electron chi connectivity index (χ3n) is 5.99. The van der Waals surface area contributed by atoms with Crippen molar-refractivity contribution in [3.63, 3.8) is 0 Å². The molecule has 3 fully saturated rings. The molecule has 4 nitrogen and oxygen atoms in total. The smallest absolute Gasteiger partial charge is 0.317 e. The molecule has 0 radical (unpaired) electrons. The molecule has 2 aromatic carbocycles. The number of aliphatic hydroxyl groups is 1. The minimum Gasteiger partial charge on any atom is -0.396 e. The molecule has 2 aliphatic heterocycles. The molecule has 5 rings (SSSR count). The van der Waals surface area contributed by atoms with E-state index >= 15 is 0 Å². The van der Waals surface area contributed by atoms with Gasteiger partial charge in [-0.1, -0.05) is 42.5 Å². The van der Waals surface area contributed by atoms with Gasteiger partial charge in [0.1, 0.15) is 5.82 Å². The molecule has 2 heterocycles. The zero-order valence-corrected chi connectivity index (χ0v) is 15.3. The van der Waals surface area contributed by atoms with Crippen molar-refractivity contribution < 1.29 is 14.3 Å². The van der Waals surface area contributed by atoms with E-state index in [0.29, 0.717) is 11.5 Å². The Labute approximate surface area is 159 Å². The van der Waals surface area contributed by atoms with Crippen molar-refractivity contribution in [2.45, 2.75) is 31.8 Å². The number of aliphatic hydroxyl groups excluding tert-OH is 1. The Morgan fingerprint density at radius 1 is 1.15 bits per heavy atom. The summed E-state index contributed by atoms with van der Waals surface area (Å²) in [6.07, 6.45) is 3.07. The number of piperidine rings is 2. The highest BCUT2D eigenvalue weighted by Crippen LogP contribution is 2.38. The first kappa shape index (κ1) is 18.0. The molecular weight excluding hydrogens is 343 g/mol. The maximum atomic E-state index is 14.5. The summed E-state index contributed by atoms with van der Waals surface area (Å²) in [5, 5.41) is 12.4. The highest BCUT2D eigenvalue weighted by molar-refractivity contribution is 5.75. The fourth-order valence-electron chi connectivity index (χ4n) is 4.54. The summed E-state index contributed by atoms with van der Waals surface area (Å²) in [6.45, 7) is 1.03. The molecule has 142 valence electrons. The number of carbonyl (C=O) groups is 1. The van der Waals surface area contributed by atoms with Crippen molar-refractivity contribution in [1.29, 1.82) is 0 Å². The largest absolute Gasteiger partial charge is 0.396 e. The molecule has 1 saturated carbocycles. The molecule has 2 saturated heterocycles. The minimum atomic E-state index is -0.315. The van der Waals surface area contributed by atoms with Crippen molar-refractivity contribution >= 4 is 6.03 Å². The van der Waals surface area contributed by atoms with E-state index in [4.69, 9.17) is 0 Å². The van der Waals surface area contributed by atoms with Crippen LogP contribution in [-0.4, -0.2) is 35.2 Å². The standard InChI is InChI=1S/C22H25FN2O2/c23-20-11-17(16-4-2-1-3-5-16)7-8-18(20)12-24-22(27)25-13-15-6-9-21(25)19(10-15)14-26/h1-5,7-8,11,15,19,21,26H,6,9-10,12-14H2,(H,24,27). The van der Waals surface area contributed by atoms with Crippen molar-refractivity contribution in [2.75, 3.05) is 13.2 Å². The SMILES string of the molecule is O=C(NCc1ccc(-c2ccccc2)cc1F)N1CC2CCC1C(CO)C2. The van der Waals surface area contributed by atoms with Crippen LogP contribution in [-0.2, 0) is 6.54 Å². The van der Waals surface area contributed by atoms with Gasteiger partial charge in [-0.15, -0.1) is 0 Å². The third kappa shape index (κ3) is 3.69. The number of amides is 2. The maximum absolute atomic E-state index is 14.5. The van der Waals surface area contributed by atoms with Gasteiger partial charge in [0.05, 0.1) is 0 Å². The summed E-state index contributed by atoms with van der Waals surface area (Å²) < 4.78 is 14.5. The molecule has 2 amide bonds. The number of hydrogen-bond donors (Lipinski definition) is 2. The number of carbonyl (C=O) groups excluding carboxylic acids is 1.